The summed E-state index contributed by atoms with van der Waals surface area (Å²) >= 11 is 13.6. The number of halogens is 2. The number of hydrogen-bond acceptors (Lipinski definition) is 3. The maximum atomic E-state index is 12.8. The van der Waals surface area contributed by atoms with Gasteiger partial charge < -0.3 is 9.13 Å². The van der Waals surface area contributed by atoms with Crippen LogP contribution >= 0.6 is 23.2 Å². The van der Waals surface area contributed by atoms with Gasteiger partial charge in [0, 0.05) is 36.3 Å². The fraction of sp³-hybridized carbons (Fsp3) is 0.107. The molecule has 0 aliphatic carbocycles. The van der Waals surface area contributed by atoms with Gasteiger partial charge in [0.05, 0.1) is 34.9 Å². The summed E-state index contributed by atoms with van der Waals surface area (Å²) in [6.45, 7) is 0. The number of pyridine rings is 2. The standard InChI is InChI=1S/C28H20Cl2N4O/c1-4-18-6-5-7-19(14-18)22-15-26(35)34(3)23-12-13-24(32-27(22)23)28(30,25-16-31-17-33(25)2)20-8-10-21(29)11-9-20/h1,5-17H,2-3H3/t28-/m1/s1. The molecule has 3 heterocycles. The number of imidazole rings is 1. The van der Waals surface area contributed by atoms with Crippen LogP contribution in [0.4, 0.5) is 0 Å². The number of nitrogens with zero attached hydrogens (tertiary/aromatic N) is 4. The van der Waals surface area contributed by atoms with Crippen LogP contribution in [-0.2, 0) is 19.0 Å². The Bertz CT molecular complexity index is 1680. The molecule has 0 N–H and O–H groups in total. The summed E-state index contributed by atoms with van der Waals surface area (Å²) in [5.41, 5.74) is 5.51. The molecule has 0 amide bonds. The van der Waals surface area contributed by atoms with Gasteiger partial charge in [0.15, 0.2) is 4.87 Å². The minimum absolute atomic E-state index is 0.144. The zero-order chi connectivity index (χ0) is 24.7. The molecule has 0 aliphatic rings. The predicted octanol–water partition coefficient (Wildman–Crippen LogP) is 5.50. The third kappa shape index (κ3) is 3.81. The number of alkyl halides is 1. The summed E-state index contributed by atoms with van der Waals surface area (Å²) in [6, 6.07) is 20.2. The van der Waals surface area contributed by atoms with Gasteiger partial charge >= 0.3 is 0 Å². The topological polar surface area (TPSA) is 52.7 Å². The molecule has 0 radical (unpaired) electrons. The van der Waals surface area contributed by atoms with Gasteiger partial charge in [-0.2, -0.15) is 0 Å². The van der Waals surface area contributed by atoms with E-state index in [1.54, 1.807) is 42.3 Å². The molecule has 0 aliphatic heterocycles. The van der Waals surface area contributed by atoms with Crippen LogP contribution in [0.15, 0.2) is 84.0 Å². The van der Waals surface area contributed by atoms with Crippen molar-refractivity contribution in [1.29, 1.82) is 0 Å². The smallest absolute Gasteiger partial charge is 0.251 e. The Morgan fingerprint density at radius 1 is 1.03 bits per heavy atom. The minimum Gasteiger partial charge on any atom is -0.336 e. The first kappa shape index (κ1) is 22.9. The van der Waals surface area contributed by atoms with Crippen LogP contribution in [0.3, 0.4) is 0 Å². The molecule has 7 heteroatoms. The maximum Gasteiger partial charge on any atom is 0.251 e. The van der Waals surface area contributed by atoms with Gasteiger partial charge in [0.25, 0.3) is 5.56 Å². The van der Waals surface area contributed by atoms with Crippen LogP contribution in [0.2, 0.25) is 5.02 Å². The lowest BCUT2D eigenvalue weighted by Gasteiger charge is -2.28. The first-order chi connectivity index (χ1) is 16.8. The molecular weight excluding hydrogens is 479 g/mol. The highest BCUT2D eigenvalue weighted by atomic mass is 35.5. The molecule has 0 fully saturated rings. The molecule has 5 nitrogen and oxygen atoms in total. The van der Waals surface area contributed by atoms with Gasteiger partial charge in [-0.3, -0.25) is 4.79 Å². The molecule has 3 aromatic heterocycles. The molecule has 0 unspecified atom stereocenters. The van der Waals surface area contributed by atoms with E-state index in [9.17, 15) is 4.79 Å². The zero-order valence-corrected chi connectivity index (χ0v) is 20.5. The molecule has 2 aromatic carbocycles. The molecule has 0 bridgehead atoms. The zero-order valence-electron chi connectivity index (χ0n) is 19.0. The highest BCUT2D eigenvalue weighted by Gasteiger charge is 2.38. The molecule has 172 valence electrons. The predicted molar refractivity (Wildman–Crippen MR) is 141 cm³/mol. The third-order valence-electron chi connectivity index (χ3n) is 6.19. The van der Waals surface area contributed by atoms with Crippen LogP contribution in [-0.4, -0.2) is 19.1 Å². The van der Waals surface area contributed by atoms with Gasteiger partial charge in [0.1, 0.15) is 0 Å². The Morgan fingerprint density at radius 2 is 1.80 bits per heavy atom. The van der Waals surface area contributed by atoms with Crippen LogP contribution in [0.25, 0.3) is 22.2 Å². The number of hydrogen-bond donors (Lipinski definition) is 0. The number of rotatable bonds is 4. The van der Waals surface area contributed by atoms with E-state index in [0.717, 1.165) is 22.4 Å². The van der Waals surface area contributed by atoms with Gasteiger partial charge in [0.2, 0.25) is 0 Å². The van der Waals surface area contributed by atoms with Crippen LogP contribution in [0, 0.1) is 12.3 Å². The monoisotopic (exact) mass is 498 g/mol. The molecule has 1 atom stereocenters. The molecular formula is C28H20Cl2N4O. The lowest BCUT2D eigenvalue weighted by Crippen LogP contribution is -2.27. The summed E-state index contributed by atoms with van der Waals surface area (Å²) in [7, 11) is 3.61. The highest BCUT2D eigenvalue weighted by Crippen LogP contribution is 2.43. The van der Waals surface area contributed by atoms with Crippen LogP contribution in [0.5, 0.6) is 0 Å². The average molecular weight is 499 g/mol. The second-order valence-electron chi connectivity index (χ2n) is 8.30. The van der Waals surface area contributed by atoms with Crippen molar-refractivity contribution in [3.63, 3.8) is 0 Å². The summed E-state index contributed by atoms with van der Waals surface area (Å²) in [4.78, 5) is 21.0. The van der Waals surface area contributed by atoms with E-state index < -0.39 is 4.87 Å². The van der Waals surface area contributed by atoms with E-state index in [2.05, 4.69) is 10.9 Å². The Morgan fingerprint density at radius 3 is 2.49 bits per heavy atom. The summed E-state index contributed by atoms with van der Waals surface area (Å²) in [5.74, 6) is 2.65. The molecule has 0 saturated heterocycles. The number of aryl methyl sites for hydroxylation is 2. The van der Waals surface area contributed by atoms with E-state index in [0.29, 0.717) is 27.3 Å². The Labute approximate surface area is 212 Å². The second kappa shape index (κ2) is 8.74. The van der Waals surface area contributed by atoms with Crippen LogP contribution < -0.4 is 5.56 Å². The highest BCUT2D eigenvalue weighted by molar-refractivity contribution is 6.31. The van der Waals surface area contributed by atoms with Crippen molar-refractivity contribution in [1.82, 2.24) is 19.1 Å². The van der Waals surface area contributed by atoms with Gasteiger partial charge in [-0.15, -0.1) is 18.0 Å². The SMILES string of the molecule is C#Cc1cccc(-c2cc(=O)n(C)c3ccc([C@](Cl)(c4ccc(Cl)cc4)c4cncn4C)nc23)c1. The normalized spacial score (nSPS) is 12.9. The summed E-state index contributed by atoms with van der Waals surface area (Å²) < 4.78 is 3.44. The largest absolute Gasteiger partial charge is 0.336 e. The first-order valence-electron chi connectivity index (χ1n) is 10.8. The quantitative estimate of drug-likeness (QED) is 0.243. The number of aromatic nitrogens is 4. The lowest BCUT2D eigenvalue weighted by molar-refractivity contribution is 0.729. The molecule has 0 spiro atoms. The maximum absolute atomic E-state index is 12.8. The molecule has 5 rings (SSSR count). The summed E-state index contributed by atoms with van der Waals surface area (Å²) in [6.07, 6.45) is 9.05. The first-order valence-corrected chi connectivity index (χ1v) is 11.6. The number of terminal acetylenes is 1. The van der Waals surface area contributed by atoms with E-state index in [4.69, 9.17) is 34.6 Å². The van der Waals surface area contributed by atoms with Gasteiger partial charge in [-0.05, 0) is 47.5 Å². The van der Waals surface area contributed by atoms with Crippen molar-refractivity contribution in [3.8, 4) is 23.5 Å². The molecule has 5 aromatic rings. The average Bonchev–Trinajstić information content (AvgIpc) is 3.32. The van der Waals surface area contributed by atoms with Crippen molar-refractivity contribution >= 4 is 34.2 Å². The Hall–Kier alpha value is -3.85. The second-order valence-corrected chi connectivity index (χ2v) is 9.30. The van der Waals surface area contributed by atoms with Crippen molar-refractivity contribution in [3.05, 3.63) is 117 Å². The fourth-order valence-electron chi connectivity index (χ4n) is 4.31. The number of fused-ring (bicyclic) bond motifs is 1. The fourth-order valence-corrected chi connectivity index (χ4v) is 4.85. The summed E-state index contributed by atoms with van der Waals surface area (Å²) in [5, 5.41) is 0.606. The van der Waals surface area contributed by atoms with E-state index in [1.807, 2.05) is 60.1 Å². The van der Waals surface area contributed by atoms with E-state index in [1.165, 1.54) is 0 Å². The van der Waals surface area contributed by atoms with Crippen molar-refractivity contribution in [2.24, 2.45) is 14.1 Å². The van der Waals surface area contributed by atoms with Crippen molar-refractivity contribution < 1.29 is 0 Å². The molecule has 0 saturated carbocycles. The van der Waals surface area contributed by atoms with E-state index >= 15 is 0 Å². The molecule has 35 heavy (non-hydrogen) atoms. The number of benzene rings is 2. The third-order valence-corrected chi connectivity index (χ3v) is 7.05. The Kier molecular flexibility index (Phi) is 5.72. The van der Waals surface area contributed by atoms with Crippen molar-refractivity contribution in [2.45, 2.75) is 4.87 Å². The minimum atomic E-state index is -1.16. The van der Waals surface area contributed by atoms with Crippen LogP contribution in [0.1, 0.15) is 22.5 Å². The van der Waals surface area contributed by atoms with Gasteiger partial charge in [-0.1, -0.05) is 41.8 Å². The van der Waals surface area contributed by atoms with Crippen molar-refractivity contribution in [2.75, 3.05) is 0 Å². The lowest BCUT2D eigenvalue weighted by atomic mass is 9.90. The Balaban J connectivity index is 1.84. The van der Waals surface area contributed by atoms with E-state index in [-0.39, 0.29) is 5.56 Å². The van der Waals surface area contributed by atoms with Gasteiger partial charge in [-0.25, -0.2) is 9.97 Å².